The Morgan fingerprint density at radius 1 is 1.24 bits per heavy atom. The minimum atomic E-state index is 0.397. The van der Waals surface area contributed by atoms with Gasteiger partial charge in [-0.25, -0.2) is 0 Å². The van der Waals surface area contributed by atoms with Gasteiger partial charge in [0.15, 0.2) is 0 Å². The number of nitrogens with one attached hydrogen (secondary N) is 1. The zero-order chi connectivity index (χ0) is 15.2. The van der Waals surface area contributed by atoms with Crippen LogP contribution < -0.4 is 10.1 Å². The Morgan fingerprint density at radius 3 is 2.57 bits per heavy atom. The summed E-state index contributed by atoms with van der Waals surface area (Å²) in [5.41, 5.74) is 1.35. The number of piperidine rings is 1. The second-order valence-electron chi connectivity index (χ2n) is 6.37. The Balaban J connectivity index is 2.06. The number of ether oxygens (including phenoxy) is 1. The quantitative estimate of drug-likeness (QED) is 0.868. The van der Waals surface area contributed by atoms with Gasteiger partial charge >= 0.3 is 0 Å². The molecular formula is C18H30N2O. The molecule has 1 aliphatic heterocycles. The fourth-order valence-electron chi connectivity index (χ4n) is 3.24. The third-order valence-electron chi connectivity index (χ3n) is 4.63. The Morgan fingerprint density at radius 2 is 1.95 bits per heavy atom. The molecule has 0 spiro atoms. The average molecular weight is 290 g/mol. The van der Waals surface area contributed by atoms with Gasteiger partial charge < -0.3 is 10.1 Å². The first-order chi connectivity index (χ1) is 10.1. The van der Waals surface area contributed by atoms with Crippen molar-refractivity contribution >= 4 is 0 Å². The predicted molar refractivity (Wildman–Crippen MR) is 88.8 cm³/mol. The topological polar surface area (TPSA) is 24.5 Å². The van der Waals surface area contributed by atoms with Crippen LogP contribution in [0.3, 0.4) is 0 Å². The van der Waals surface area contributed by atoms with E-state index in [4.69, 9.17) is 4.74 Å². The minimum absolute atomic E-state index is 0.397. The predicted octanol–water partition coefficient (Wildman–Crippen LogP) is 3.47. The van der Waals surface area contributed by atoms with E-state index in [0.29, 0.717) is 12.1 Å². The maximum absolute atomic E-state index is 5.26. The molecule has 0 aromatic heterocycles. The third-order valence-corrected chi connectivity index (χ3v) is 4.63. The molecule has 3 nitrogen and oxygen atoms in total. The molecule has 1 aromatic rings. The number of nitrogens with zero attached hydrogens (tertiary/aromatic N) is 1. The maximum atomic E-state index is 5.26. The zero-order valence-electron chi connectivity index (χ0n) is 13.9. The second kappa shape index (κ2) is 7.81. The van der Waals surface area contributed by atoms with Crippen molar-refractivity contribution < 1.29 is 4.74 Å². The lowest BCUT2D eigenvalue weighted by molar-refractivity contribution is 0.112. The molecule has 1 fully saturated rings. The molecular weight excluding hydrogens is 260 g/mol. The first-order valence-electron chi connectivity index (χ1n) is 8.25. The maximum Gasteiger partial charge on any atom is 0.118 e. The molecule has 3 heteroatoms. The van der Waals surface area contributed by atoms with Crippen LogP contribution in [0, 0.1) is 5.92 Å². The highest BCUT2D eigenvalue weighted by Gasteiger charge is 2.25. The molecule has 21 heavy (non-hydrogen) atoms. The first-order valence-corrected chi connectivity index (χ1v) is 8.25. The van der Waals surface area contributed by atoms with Gasteiger partial charge in [-0.2, -0.15) is 0 Å². The van der Waals surface area contributed by atoms with E-state index in [1.807, 2.05) is 0 Å². The summed E-state index contributed by atoms with van der Waals surface area (Å²) in [5.74, 6) is 1.74. The average Bonchev–Trinajstić information content (AvgIpc) is 2.50. The van der Waals surface area contributed by atoms with Gasteiger partial charge in [-0.3, -0.25) is 4.90 Å². The van der Waals surface area contributed by atoms with Crippen molar-refractivity contribution in [2.45, 2.75) is 45.7 Å². The Hall–Kier alpha value is -1.06. The molecule has 1 N–H and O–H groups in total. The first kappa shape index (κ1) is 16.3. The second-order valence-corrected chi connectivity index (χ2v) is 6.37. The molecule has 1 saturated heterocycles. The lowest BCUT2D eigenvalue weighted by Gasteiger charge is -2.39. The van der Waals surface area contributed by atoms with E-state index in [1.54, 1.807) is 7.11 Å². The van der Waals surface area contributed by atoms with Crippen molar-refractivity contribution in [3.63, 3.8) is 0 Å². The summed E-state index contributed by atoms with van der Waals surface area (Å²) in [6, 6.07) is 9.58. The molecule has 0 saturated carbocycles. The molecule has 0 aliphatic carbocycles. The molecule has 3 atom stereocenters. The molecule has 0 radical (unpaired) electrons. The van der Waals surface area contributed by atoms with Crippen molar-refractivity contribution in [1.29, 1.82) is 0 Å². The van der Waals surface area contributed by atoms with Gasteiger partial charge in [0.05, 0.1) is 7.11 Å². The number of rotatable bonds is 6. The number of likely N-dealkylation sites (tertiary alicyclic amines) is 1. The molecule has 3 unspecified atom stereocenters. The van der Waals surface area contributed by atoms with Crippen molar-refractivity contribution in [2.24, 2.45) is 5.92 Å². The summed E-state index contributed by atoms with van der Waals surface area (Å²) in [4.78, 5) is 2.64. The summed E-state index contributed by atoms with van der Waals surface area (Å²) < 4.78 is 5.26. The van der Waals surface area contributed by atoms with Crippen LogP contribution >= 0.6 is 0 Å². The number of likely N-dealkylation sites (N-methyl/N-ethyl adjacent to an activating group) is 1. The van der Waals surface area contributed by atoms with Crippen LogP contribution in [0.25, 0.3) is 0 Å². The van der Waals surface area contributed by atoms with Gasteiger partial charge in [-0.1, -0.05) is 26.0 Å². The smallest absolute Gasteiger partial charge is 0.118 e. The standard InChI is InChI=1S/C18H30N2O/c1-5-19-18(16-8-10-17(21-4)11-9-16)13-20-12-14(2)6-7-15(20)3/h8-11,14-15,18-19H,5-7,12-13H2,1-4H3. The van der Waals surface area contributed by atoms with Gasteiger partial charge in [0.1, 0.15) is 5.75 Å². The summed E-state index contributed by atoms with van der Waals surface area (Å²) in [6.07, 6.45) is 2.69. The van der Waals surface area contributed by atoms with E-state index < -0.39 is 0 Å². The van der Waals surface area contributed by atoms with Gasteiger partial charge in [0.25, 0.3) is 0 Å². The highest BCUT2D eigenvalue weighted by atomic mass is 16.5. The minimum Gasteiger partial charge on any atom is -0.497 e. The normalized spacial score (nSPS) is 24.8. The van der Waals surface area contributed by atoms with Crippen LogP contribution in [0.1, 0.15) is 45.2 Å². The largest absolute Gasteiger partial charge is 0.497 e. The van der Waals surface area contributed by atoms with Crippen molar-refractivity contribution in [3.05, 3.63) is 29.8 Å². The lowest BCUT2D eigenvalue weighted by Crippen LogP contribution is -2.45. The van der Waals surface area contributed by atoms with E-state index in [9.17, 15) is 0 Å². The number of hydrogen-bond acceptors (Lipinski definition) is 3. The zero-order valence-corrected chi connectivity index (χ0v) is 13.9. The molecule has 118 valence electrons. The number of hydrogen-bond donors (Lipinski definition) is 1. The van der Waals surface area contributed by atoms with Crippen LogP contribution in [0.4, 0.5) is 0 Å². The van der Waals surface area contributed by atoms with Crippen molar-refractivity contribution in [2.75, 3.05) is 26.7 Å². The highest BCUT2D eigenvalue weighted by molar-refractivity contribution is 5.29. The molecule has 1 aromatic carbocycles. The van der Waals surface area contributed by atoms with Crippen LogP contribution in [-0.4, -0.2) is 37.7 Å². The lowest BCUT2D eigenvalue weighted by atomic mass is 9.94. The SMILES string of the molecule is CCNC(CN1CC(C)CCC1C)c1ccc(OC)cc1. The number of benzene rings is 1. The van der Waals surface area contributed by atoms with Gasteiger partial charge in [0, 0.05) is 25.2 Å². The molecule has 0 amide bonds. The molecule has 0 bridgehead atoms. The Bertz CT molecular complexity index is 418. The molecule has 1 aliphatic rings. The van der Waals surface area contributed by atoms with Gasteiger partial charge in [0.2, 0.25) is 0 Å². The fourth-order valence-corrected chi connectivity index (χ4v) is 3.24. The van der Waals surface area contributed by atoms with Crippen molar-refractivity contribution in [3.8, 4) is 5.75 Å². The Labute approximate surface area is 129 Å². The van der Waals surface area contributed by atoms with Crippen LogP contribution in [0.2, 0.25) is 0 Å². The molecule has 1 heterocycles. The molecule has 2 rings (SSSR count). The van der Waals surface area contributed by atoms with Crippen LogP contribution in [-0.2, 0) is 0 Å². The van der Waals surface area contributed by atoms with E-state index in [0.717, 1.165) is 24.8 Å². The Kier molecular flexibility index (Phi) is 6.07. The van der Waals surface area contributed by atoms with Crippen molar-refractivity contribution in [1.82, 2.24) is 10.2 Å². The third kappa shape index (κ3) is 4.45. The summed E-state index contributed by atoms with van der Waals surface area (Å²) >= 11 is 0. The summed E-state index contributed by atoms with van der Waals surface area (Å²) in [6.45, 7) is 10.2. The van der Waals surface area contributed by atoms with E-state index >= 15 is 0 Å². The summed E-state index contributed by atoms with van der Waals surface area (Å²) in [7, 11) is 1.72. The van der Waals surface area contributed by atoms with Crippen LogP contribution in [0.15, 0.2) is 24.3 Å². The van der Waals surface area contributed by atoms with E-state index in [2.05, 4.69) is 55.3 Å². The highest BCUT2D eigenvalue weighted by Crippen LogP contribution is 2.25. The fraction of sp³-hybridized carbons (Fsp3) is 0.667. The number of methoxy groups -OCH3 is 1. The van der Waals surface area contributed by atoms with Gasteiger partial charge in [-0.05, 0) is 49.9 Å². The van der Waals surface area contributed by atoms with Gasteiger partial charge in [-0.15, -0.1) is 0 Å². The monoisotopic (exact) mass is 290 g/mol. The van der Waals surface area contributed by atoms with E-state index in [-0.39, 0.29) is 0 Å². The summed E-state index contributed by atoms with van der Waals surface area (Å²) in [5, 5.41) is 3.64. The van der Waals surface area contributed by atoms with E-state index in [1.165, 1.54) is 24.9 Å². The van der Waals surface area contributed by atoms with Crippen LogP contribution in [0.5, 0.6) is 5.75 Å².